The Hall–Kier alpha value is -1.87. The molecule has 1 aromatic heterocycles. The summed E-state index contributed by atoms with van der Waals surface area (Å²) >= 11 is 0. The van der Waals surface area contributed by atoms with Gasteiger partial charge in [-0.1, -0.05) is 26.0 Å². The maximum absolute atomic E-state index is 9.77. The highest BCUT2D eigenvalue weighted by molar-refractivity contribution is 5.36. The fraction of sp³-hybridized carbons (Fsp3) is 0.353. The van der Waals surface area contributed by atoms with Crippen molar-refractivity contribution < 1.29 is 9.84 Å². The molecule has 0 saturated carbocycles. The third-order valence-electron chi connectivity index (χ3n) is 3.29. The third kappa shape index (κ3) is 3.36. The lowest BCUT2D eigenvalue weighted by Gasteiger charge is -2.12. The van der Waals surface area contributed by atoms with Crippen molar-refractivity contribution in [3.63, 3.8) is 0 Å². The lowest BCUT2D eigenvalue weighted by Crippen LogP contribution is -1.97. The van der Waals surface area contributed by atoms with Crippen molar-refractivity contribution in [2.45, 2.75) is 39.7 Å². The van der Waals surface area contributed by atoms with Crippen molar-refractivity contribution in [2.24, 2.45) is 0 Å². The number of aryl methyl sites for hydroxylation is 2. The molecule has 0 aliphatic rings. The zero-order valence-corrected chi connectivity index (χ0v) is 12.3. The van der Waals surface area contributed by atoms with Crippen molar-refractivity contribution in [1.82, 2.24) is 4.98 Å². The normalized spacial score (nSPS) is 12.2. The minimum atomic E-state index is -0.406. The van der Waals surface area contributed by atoms with Crippen LogP contribution in [0.5, 0.6) is 11.5 Å². The summed E-state index contributed by atoms with van der Waals surface area (Å²) in [6, 6.07) is 11.5. The van der Waals surface area contributed by atoms with Gasteiger partial charge in [0, 0.05) is 5.69 Å². The Balaban J connectivity index is 2.18. The van der Waals surface area contributed by atoms with Crippen LogP contribution in [-0.2, 0) is 6.42 Å². The van der Waals surface area contributed by atoms with Crippen LogP contribution >= 0.6 is 0 Å². The van der Waals surface area contributed by atoms with E-state index >= 15 is 0 Å². The van der Waals surface area contributed by atoms with Crippen molar-refractivity contribution in [1.29, 1.82) is 0 Å². The van der Waals surface area contributed by atoms with Crippen LogP contribution in [0.3, 0.4) is 0 Å². The monoisotopic (exact) mass is 271 g/mol. The first kappa shape index (κ1) is 14.5. The molecule has 0 saturated heterocycles. The van der Waals surface area contributed by atoms with Crippen molar-refractivity contribution in [3.05, 3.63) is 53.3 Å². The van der Waals surface area contributed by atoms with E-state index < -0.39 is 6.10 Å². The van der Waals surface area contributed by atoms with E-state index in [0.29, 0.717) is 6.42 Å². The number of aromatic nitrogens is 1. The number of rotatable bonds is 5. The summed E-state index contributed by atoms with van der Waals surface area (Å²) < 4.78 is 5.88. The van der Waals surface area contributed by atoms with E-state index in [-0.39, 0.29) is 0 Å². The smallest absolute Gasteiger partial charge is 0.148 e. The second-order valence-corrected chi connectivity index (χ2v) is 4.85. The standard InChI is InChI=1S/C17H21NO2/c1-4-15-17(11-6-12(3)18-15)20-14-9-7-13(8-10-14)16(19)5-2/h6-11,16,19H,4-5H2,1-3H3/t16-/m0/s1. The van der Waals surface area contributed by atoms with Gasteiger partial charge in [0.15, 0.2) is 0 Å². The summed E-state index contributed by atoms with van der Waals surface area (Å²) in [5, 5.41) is 9.77. The van der Waals surface area contributed by atoms with Gasteiger partial charge in [-0.15, -0.1) is 0 Å². The van der Waals surface area contributed by atoms with Crippen LogP contribution in [0.4, 0.5) is 0 Å². The molecule has 3 heteroatoms. The van der Waals surface area contributed by atoms with Crippen LogP contribution in [0, 0.1) is 6.92 Å². The molecule has 1 N–H and O–H groups in total. The molecule has 2 aromatic rings. The zero-order chi connectivity index (χ0) is 14.5. The summed E-state index contributed by atoms with van der Waals surface area (Å²) in [7, 11) is 0. The van der Waals surface area contributed by atoms with Gasteiger partial charge in [-0.05, 0) is 49.6 Å². The van der Waals surface area contributed by atoms with Crippen molar-refractivity contribution >= 4 is 0 Å². The number of hydrogen-bond acceptors (Lipinski definition) is 3. The molecule has 0 aliphatic heterocycles. The second kappa shape index (κ2) is 6.53. The van der Waals surface area contributed by atoms with Crippen LogP contribution in [0.15, 0.2) is 36.4 Å². The number of pyridine rings is 1. The van der Waals surface area contributed by atoms with Crippen LogP contribution in [-0.4, -0.2) is 10.1 Å². The Bertz CT molecular complexity index is 564. The number of aliphatic hydroxyl groups excluding tert-OH is 1. The van der Waals surface area contributed by atoms with Crippen LogP contribution in [0.1, 0.15) is 43.3 Å². The van der Waals surface area contributed by atoms with E-state index in [2.05, 4.69) is 11.9 Å². The molecule has 1 aromatic carbocycles. The molecule has 0 unspecified atom stereocenters. The summed E-state index contributed by atoms with van der Waals surface area (Å²) in [4.78, 5) is 4.48. The van der Waals surface area contributed by atoms with E-state index in [4.69, 9.17) is 4.74 Å². The average molecular weight is 271 g/mol. The van der Waals surface area contributed by atoms with E-state index in [1.807, 2.05) is 50.2 Å². The van der Waals surface area contributed by atoms with Crippen molar-refractivity contribution in [2.75, 3.05) is 0 Å². The molecule has 0 bridgehead atoms. The Labute approximate surface area is 120 Å². The van der Waals surface area contributed by atoms with Crippen LogP contribution < -0.4 is 4.74 Å². The predicted molar refractivity (Wildman–Crippen MR) is 80.1 cm³/mol. The molecule has 20 heavy (non-hydrogen) atoms. The molecule has 1 atom stereocenters. The first-order valence-corrected chi connectivity index (χ1v) is 7.06. The van der Waals surface area contributed by atoms with E-state index in [1.165, 1.54) is 0 Å². The van der Waals surface area contributed by atoms with Gasteiger partial charge < -0.3 is 9.84 Å². The minimum Gasteiger partial charge on any atom is -0.455 e. The topological polar surface area (TPSA) is 42.4 Å². The van der Waals surface area contributed by atoms with Crippen LogP contribution in [0.25, 0.3) is 0 Å². The Kier molecular flexibility index (Phi) is 4.74. The lowest BCUT2D eigenvalue weighted by atomic mass is 10.1. The molecule has 106 valence electrons. The van der Waals surface area contributed by atoms with Crippen LogP contribution in [0.2, 0.25) is 0 Å². The zero-order valence-electron chi connectivity index (χ0n) is 12.3. The van der Waals surface area contributed by atoms with Gasteiger partial charge in [0.25, 0.3) is 0 Å². The summed E-state index contributed by atoms with van der Waals surface area (Å²) in [6.07, 6.45) is 1.14. The van der Waals surface area contributed by atoms with Gasteiger partial charge in [0.1, 0.15) is 11.5 Å². The summed E-state index contributed by atoms with van der Waals surface area (Å²) in [6.45, 7) is 6.00. The number of aliphatic hydroxyl groups is 1. The first-order chi connectivity index (χ1) is 9.63. The maximum atomic E-state index is 9.77. The van der Waals surface area contributed by atoms with Gasteiger partial charge >= 0.3 is 0 Å². The van der Waals surface area contributed by atoms with Gasteiger partial charge in [0.05, 0.1) is 11.8 Å². The van der Waals surface area contributed by atoms with Gasteiger partial charge in [-0.2, -0.15) is 0 Å². The molecule has 2 rings (SSSR count). The summed E-state index contributed by atoms with van der Waals surface area (Å²) in [5.74, 6) is 1.55. The minimum absolute atomic E-state index is 0.406. The fourth-order valence-corrected chi connectivity index (χ4v) is 2.06. The quantitative estimate of drug-likeness (QED) is 0.886. The van der Waals surface area contributed by atoms with Gasteiger partial charge in [-0.25, -0.2) is 0 Å². The highest BCUT2D eigenvalue weighted by Crippen LogP contribution is 2.26. The molecule has 0 radical (unpaired) electrons. The van der Waals surface area contributed by atoms with Crippen molar-refractivity contribution in [3.8, 4) is 11.5 Å². The molecule has 0 spiro atoms. The maximum Gasteiger partial charge on any atom is 0.148 e. The Morgan fingerprint density at radius 3 is 2.40 bits per heavy atom. The number of nitrogens with zero attached hydrogens (tertiary/aromatic N) is 1. The lowest BCUT2D eigenvalue weighted by molar-refractivity contribution is 0.173. The highest BCUT2D eigenvalue weighted by Gasteiger charge is 2.07. The predicted octanol–water partition coefficient (Wildman–Crippen LogP) is 4.19. The Morgan fingerprint density at radius 2 is 1.80 bits per heavy atom. The molecule has 0 amide bonds. The van der Waals surface area contributed by atoms with E-state index in [9.17, 15) is 5.11 Å². The average Bonchev–Trinajstić information content (AvgIpc) is 2.49. The number of benzene rings is 1. The number of hydrogen-bond donors (Lipinski definition) is 1. The summed E-state index contributed by atoms with van der Waals surface area (Å²) in [5.41, 5.74) is 2.87. The molecule has 0 aliphatic carbocycles. The van der Waals surface area contributed by atoms with Gasteiger partial charge in [-0.3, -0.25) is 4.98 Å². The van der Waals surface area contributed by atoms with Gasteiger partial charge in [0.2, 0.25) is 0 Å². The Morgan fingerprint density at radius 1 is 1.10 bits per heavy atom. The molecular formula is C17H21NO2. The van der Waals surface area contributed by atoms with E-state index in [0.717, 1.165) is 34.9 Å². The molecule has 1 heterocycles. The largest absolute Gasteiger partial charge is 0.455 e. The molecule has 0 fully saturated rings. The third-order valence-corrected chi connectivity index (χ3v) is 3.29. The molecular weight excluding hydrogens is 250 g/mol. The second-order valence-electron chi connectivity index (χ2n) is 4.85. The SMILES string of the molecule is CCc1nc(C)ccc1Oc1ccc([C@@H](O)CC)cc1. The highest BCUT2D eigenvalue weighted by atomic mass is 16.5. The number of ether oxygens (including phenoxy) is 1. The fourth-order valence-electron chi connectivity index (χ4n) is 2.06. The molecule has 3 nitrogen and oxygen atoms in total. The van der Waals surface area contributed by atoms with E-state index in [1.54, 1.807) is 0 Å². The first-order valence-electron chi connectivity index (χ1n) is 7.06.